The third kappa shape index (κ3) is 3.12. The Hall–Kier alpha value is -2.17. The van der Waals surface area contributed by atoms with Crippen LogP contribution >= 0.6 is 0 Å². The minimum Gasteiger partial charge on any atom is -0.350 e. The summed E-state index contributed by atoms with van der Waals surface area (Å²) in [6, 6.07) is 5.35. The maximum absolute atomic E-state index is 12.1. The van der Waals surface area contributed by atoms with Crippen molar-refractivity contribution in [1.82, 2.24) is 5.32 Å². The molecule has 0 unspecified atom stereocenters. The molecule has 0 aliphatic carbocycles. The molecule has 1 aliphatic heterocycles. The SMILES string of the molecule is CCc1ccc2c(c1)C(=O)C(=O)N2CC(=O)NC(C)(C)C. The number of hydrogen-bond acceptors (Lipinski definition) is 3. The van der Waals surface area contributed by atoms with Gasteiger partial charge in [0.1, 0.15) is 6.54 Å². The van der Waals surface area contributed by atoms with Crippen molar-refractivity contribution >= 4 is 23.3 Å². The van der Waals surface area contributed by atoms with E-state index in [1.165, 1.54) is 4.90 Å². The van der Waals surface area contributed by atoms with Gasteiger partial charge in [-0.1, -0.05) is 13.0 Å². The Kier molecular flexibility index (Phi) is 3.85. The van der Waals surface area contributed by atoms with Crippen molar-refractivity contribution in [2.24, 2.45) is 0 Å². The maximum atomic E-state index is 12.1. The van der Waals surface area contributed by atoms with Crippen LogP contribution in [0.25, 0.3) is 0 Å². The highest BCUT2D eigenvalue weighted by Crippen LogP contribution is 2.29. The number of nitrogens with one attached hydrogen (secondary N) is 1. The van der Waals surface area contributed by atoms with Gasteiger partial charge in [-0.05, 0) is 44.9 Å². The highest BCUT2D eigenvalue weighted by atomic mass is 16.2. The number of carbonyl (C=O) groups excluding carboxylic acids is 3. The van der Waals surface area contributed by atoms with Crippen molar-refractivity contribution in [3.8, 4) is 0 Å². The second kappa shape index (κ2) is 5.31. The summed E-state index contributed by atoms with van der Waals surface area (Å²) in [6.45, 7) is 7.44. The molecule has 0 fully saturated rings. The molecule has 0 atom stereocenters. The van der Waals surface area contributed by atoms with Crippen LogP contribution in [-0.4, -0.2) is 29.7 Å². The number of nitrogens with zero attached hydrogens (tertiary/aromatic N) is 1. The number of Topliss-reactive ketones (excluding diaryl/α,β-unsaturated/α-hetero) is 1. The van der Waals surface area contributed by atoms with E-state index in [0.29, 0.717) is 11.3 Å². The molecule has 2 rings (SSSR count). The normalized spacial score (nSPS) is 14.4. The molecule has 0 saturated carbocycles. The summed E-state index contributed by atoms with van der Waals surface area (Å²) in [4.78, 5) is 37.3. The summed E-state index contributed by atoms with van der Waals surface area (Å²) < 4.78 is 0. The third-order valence-electron chi connectivity index (χ3n) is 3.26. The Balaban J connectivity index is 2.25. The summed E-state index contributed by atoms with van der Waals surface area (Å²) in [5, 5.41) is 2.79. The second-order valence-electron chi connectivity index (χ2n) is 6.22. The highest BCUT2D eigenvalue weighted by molar-refractivity contribution is 6.52. The van der Waals surface area contributed by atoms with Crippen molar-refractivity contribution in [2.45, 2.75) is 39.7 Å². The summed E-state index contributed by atoms with van der Waals surface area (Å²) in [5.41, 5.74) is 1.53. The molecule has 21 heavy (non-hydrogen) atoms. The number of carbonyl (C=O) groups is 3. The Labute approximate surface area is 124 Å². The number of benzene rings is 1. The summed E-state index contributed by atoms with van der Waals surface area (Å²) in [7, 11) is 0. The molecular formula is C16H20N2O3. The van der Waals surface area contributed by atoms with Gasteiger partial charge >= 0.3 is 0 Å². The van der Waals surface area contributed by atoms with Crippen LogP contribution in [0, 0.1) is 0 Å². The van der Waals surface area contributed by atoms with Crippen LogP contribution in [-0.2, 0) is 16.0 Å². The minimum atomic E-state index is -0.637. The van der Waals surface area contributed by atoms with Gasteiger partial charge in [-0.15, -0.1) is 0 Å². The topological polar surface area (TPSA) is 66.5 Å². The fourth-order valence-electron chi connectivity index (χ4n) is 2.33. The van der Waals surface area contributed by atoms with Gasteiger partial charge in [0.15, 0.2) is 0 Å². The van der Waals surface area contributed by atoms with Crippen LogP contribution in [0.5, 0.6) is 0 Å². The molecule has 0 saturated heterocycles. The molecule has 1 aliphatic rings. The second-order valence-corrected chi connectivity index (χ2v) is 6.22. The van der Waals surface area contributed by atoms with Gasteiger partial charge in [-0.3, -0.25) is 19.3 Å². The van der Waals surface area contributed by atoms with Gasteiger partial charge in [-0.2, -0.15) is 0 Å². The van der Waals surface area contributed by atoms with Crippen LogP contribution in [0.1, 0.15) is 43.6 Å². The lowest BCUT2D eigenvalue weighted by molar-refractivity contribution is -0.123. The quantitative estimate of drug-likeness (QED) is 0.861. The van der Waals surface area contributed by atoms with E-state index in [0.717, 1.165) is 12.0 Å². The van der Waals surface area contributed by atoms with E-state index in [4.69, 9.17) is 0 Å². The van der Waals surface area contributed by atoms with E-state index in [1.54, 1.807) is 12.1 Å². The number of aryl methyl sites for hydroxylation is 1. The highest BCUT2D eigenvalue weighted by Gasteiger charge is 2.37. The lowest BCUT2D eigenvalue weighted by Gasteiger charge is -2.23. The van der Waals surface area contributed by atoms with E-state index in [-0.39, 0.29) is 18.0 Å². The largest absolute Gasteiger partial charge is 0.350 e. The van der Waals surface area contributed by atoms with Crippen molar-refractivity contribution in [1.29, 1.82) is 0 Å². The molecule has 1 aromatic carbocycles. The van der Waals surface area contributed by atoms with Crippen molar-refractivity contribution < 1.29 is 14.4 Å². The van der Waals surface area contributed by atoms with Gasteiger partial charge in [0.05, 0.1) is 11.3 Å². The van der Waals surface area contributed by atoms with E-state index < -0.39 is 11.7 Å². The van der Waals surface area contributed by atoms with Crippen LogP contribution in [0.2, 0.25) is 0 Å². The first-order chi connectivity index (χ1) is 9.73. The molecule has 1 heterocycles. The van der Waals surface area contributed by atoms with Crippen LogP contribution in [0.3, 0.4) is 0 Å². The Morgan fingerprint density at radius 3 is 2.48 bits per heavy atom. The fourth-order valence-corrected chi connectivity index (χ4v) is 2.33. The molecular weight excluding hydrogens is 268 g/mol. The maximum Gasteiger partial charge on any atom is 0.299 e. The van der Waals surface area contributed by atoms with Crippen LogP contribution < -0.4 is 10.2 Å². The van der Waals surface area contributed by atoms with Crippen molar-refractivity contribution in [3.63, 3.8) is 0 Å². The Bertz CT molecular complexity index is 614. The zero-order valence-corrected chi connectivity index (χ0v) is 12.8. The van der Waals surface area contributed by atoms with Crippen molar-refractivity contribution in [2.75, 3.05) is 11.4 Å². The first-order valence-corrected chi connectivity index (χ1v) is 7.03. The molecule has 1 aromatic rings. The first kappa shape index (κ1) is 15.2. The van der Waals surface area contributed by atoms with E-state index >= 15 is 0 Å². The van der Waals surface area contributed by atoms with E-state index in [2.05, 4.69) is 5.32 Å². The standard InChI is InChI=1S/C16H20N2O3/c1-5-10-6-7-12-11(8-10)14(20)15(21)18(12)9-13(19)17-16(2,3)4/h6-8H,5,9H2,1-4H3,(H,17,19). The zero-order chi connectivity index (χ0) is 15.8. The van der Waals surface area contributed by atoms with Crippen LogP contribution in [0.4, 0.5) is 5.69 Å². The summed E-state index contributed by atoms with van der Waals surface area (Å²) >= 11 is 0. The number of ketones is 1. The molecule has 1 N–H and O–H groups in total. The van der Waals surface area contributed by atoms with Gasteiger partial charge in [0, 0.05) is 5.54 Å². The molecule has 0 aromatic heterocycles. The summed E-state index contributed by atoms with van der Waals surface area (Å²) in [5.74, 6) is -1.46. The molecule has 5 heteroatoms. The zero-order valence-electron chi connectivity index (χ0n) is 12.8. The predicted octanol–water partition coefficient (Wildman–Crippen LogP) is 1.69. The van der Waals surface area contributed by atoms with Gasteiger partial charge in [0.25, 0.3) is 11.7 Å². The third-order valence-corrected chi connectivity index (χ3v) is 3.26. The number of hydrogen-bond donors (Lipinski definition) is 1. The monoisotopic (exact) mass is 288 g/mol. The van der Waals surface area contributed by atoms with Gasteiger partial charge in [-0.25, -0.2) is 0 Å². The predicted molar refractivity (Wildman–Crippen MR) is 80.4 cm³/mol. The molecule has 2 amide bonds. The Morgan fingerprint density at radius 1 is 1.24 bits per heavy atom. The lowest BCUT2D eigenvalue weighted by atomic mass is 10.1. The van der Waals surface area contributed by atoms with Gasteiger partial charge < -0.3 is 5.32 Å². The molecule has 0 bridgehead atoms. The van der Waals surface area contributed by atoms with Crippen molar-refractivity contribution in [3.05, 3.63) is 29.3 Å². The first-order valence-electron chi connectivity index (χ1n) is 7.03. The molecule has 0 radical (unpaired) electrons. The number of rotatable bonds is 3. The van der Waals surface area contributed by atoms with E-state index in [9.17, 15) is 14.4 Å². The molecule has 0 spiro atoms. The number of amides is 2. The van der Waals surface area contributed by atoms with E-state index in [1.807, 2.05) is 33.8 Å². The number of fused-ring (bicyclic) bond motifs is 1. The van der Waals surface area contributed by atoms with Crippen LogP contribution in [0.15, 0.2) is 18.2 Å². The number of anilines is 1. The van der Waals surface area contributed by atoms with Gasteiger partial charge in [0.2, 0.25) is 5.91 Å². The summed E-state index contributed by atoms with van der Waals surface area (Å²) in [6.07, 6.45) is 0.791. The Morgan fingerprint density at radius 2 is 1.90 bits per heavy atom. The molecule has 112 valence electrons. The lowest BCUT2D eigenvalue weighted by Crippen LogP contribution is -2.47. The molecule has 5 nitrogen and oxygen atoms in total. The fraction of sp³-hybridized carbons (Fsp3) is 0.438. The average Bonchev–Trinajstić information content (AvgIpc) is 2.61. The average molecular weight is 288 g/mol. The smallest absolute Gasteiger partial charge is 0.299 e. The minimum absolute atomic E-state index is 0.139.